The molecule has 4 rings (SSSR count). The van der Waals surface area contributed by atoms with Crippen molar-refractivity contribution in [1.29, 1.82) is 0 Å². The van der Waals surface area contributed by atoms with Crippen LogP contribution in [0.25, 0.3) is 10.9 Å². The molecule has 2 fully saturated rings. The molecule has 2 aromatic rings. The second kappa shape index (κ2) is 7.77. The van der Waals surface area contributed by atoms with Gasteiger partial charge in [0.2, 0.25) is 15.9 Å². The number of carbonyl (C=O) groups is 1. The van der Waals surface area contributed by atoms with E-state index in [4.69, 9.17) is 4.74 Å². The number of hydrogen-bond acceptors (Lipinski definition) is 5. The molecule has 0 radical (unpaired) electrons. The van der Waals surface area contributed by atoms with Gasteiger partial charge in [0.05, 0.1) is 5.52 Å². The number of fused-ring (bicyclic) bond motifs is 1. The van der Waals surface area contributed by atoms with Crippen molar-refractivity contribution in [1.82, 2.24) is 14.2 Å². The van der Waals surface area contributed by atoms with E-state index in [9.17, 15) is 13.2 Å². The number of para-hydroxylation sites is 1. The van der Waals surface area contributed by atoms with Gasteiger partial charge in [0.1, 0.15) is 4.90 Å². The Hall–Kier alpha value is -2.03. The van der Waals surface area contributed by atoms with E-state index in [0.29, 0.717) is 38.2 Å². The summed E-state index contributed by atoms with van der Waals surface area (Å²) in [5.41, 5.74) is 0.487. The number of amides is 1. The van der Waals surface area contributed by atoms with Gasteiger partial charge < -0.3 is 9.64 Å². The fraction of sp³-hybridized carbons (Fsp3) is 0.500. The first-order chi connectivity index (χ1) is 13.5. The molecule has 1 atom stereocenters. The highest BCUT2D eigenvalue weighted by Crippen LogP contribution is 2.29. The SMILES string of the molecule is CC(=O)N(C1CCOCC1)C1CCN(S(=O)(=O)c2cccc3cccnc23)C1. The van der Waals surface area contributed by atoms with Gasteiger partial charge in [0.25, 0.3) is 0 Å². The van der Waals surface area contributed by atoms with Crippen LogP contribution in [0.15, 0.2) is 41.4 Å². The Morgan fingerprint density at radius 3 is 2.64 bits per heavy atom. The lowest BCUT2D eigenvalue weighted by atomic mass is 10.0. The summed E-state index contributed by atoms with van der Waals surface area (Å²) in [4.78, 5) is 18.7. The zero-order valence-corrected chi connectivity index (χ0v) is 16.8. The fourth-order valence-electron chi connectivity index (χ4n) is 4.36. The van der Waals surface area contributed by atoms with E-state index in [1.165, 1.54) is 4.31 Å². The lowest BCUT2D eigenvalue weighted by molar-refractivity contribution is -0.135. The number of ether oxygens (including phenoxy) is 1. The first-order valence-corrected chi connectivity index (χ1v) is 11.1. The molecule has 1 amide bonds. The van der Waals surface area contributed by atoms with Crippen LogP contribution in [0.5, 0.6) is 0 Å². The highest BCUT2D eigenvalue weighted by atomic mass is 32.2. The van der Waals surface area contributed by atoms with E-state index < -0.39 is 10.0 Å². The van der Waals surface area contributed by atoms with E-state index in [0.717, 1.165) is 18.2 Å². The fourth-order valence-corrected chi connectivity index (χ4v) is 6.01. The summed E-state index contributed by atoms with van der Waals surface area (Å²) in [6, 6.07) is 8.89. The highest BCUT2D eigenvalue weighted by Gasteiger charge is 2.39. The molecule has 2 aliphatic heterocycles. The summed E-state index contributed by atoms with van der Waals surface area (Å²) in [5, 5.41) is 0.798. The molecule has 8 heteroatoms. The van der Waals surface area contributed by atoms with Crippen molar-refractivity contribution < 1.29 is 17.9 Å². The predicted molar refractivity (Wildman–Crippen MR) is 105 cm³/mol. The van der Waals surface area contributed by atoms with E-state index in [2.05, 4.69) is 4.98 Å². The Labute approximate surface area is 165 Å². The lowest BCUT2D eigenvalue weighted by Gasteiger charge is -2.37. The van der Waals surface area contributed by atoms with Crippen LogP contribution >= 0.6 is 0 Å². The van der Waals surface area contributed by atoms with Crippen molar-refractivity contribution in [2.24, 2.45) is 0 Å². The van der Waals surface area contributed by atoms with Crippen LogP contribution in [-0.2, 0) is 19.6 Å². The zero-order valence-electron chi connectivity index (χ0n) is 16.0. The van der Waals surface area contributed by atoms with E-state index in [1.54, 1.807) is 31.3 Å². The molecule has 28 heavy (non-hydrogen) atoms. The molecule has 0 N–H and O–H groups in total. The molecule has 1 aromatic carbocycles. The highest BCUT2D eigenvalue weighted by molar-refractivity contribution is 7.89. The number of carbonyl (C=O) groups excluding carboxylic acids is 1. The molecule has 0 spiro atoms. The van der Waals surface area contributed by atoms with E-state index in [-0.39, 0.29) is 22.9 Å². The zero-order chi connectivity index (χ0) is 19.7. The van der Waals surface area contributed by atoms with E-state index >= 15 is 0 Å². The molecule has 2 aliphatic rings. The topological polar surface area (TPSA) is 79.8 Å². The lowest BCUT2D eigenvalue weighted by Crippen LogP contribution is -2.49. The Bertz CT molecular complexity index is 967. The van der Waals surface area contributed by atoms with Crippen molar-refractivity contribution in [3.8, 4) is 0 Å². The maximum Gasteiger partial charge on any atom is 0.245 e. The molecular weight excluding hydrogens is 378 g/mol. The van der Waals surface area contributed by atoms with Gasteiger partial charge in [0, 0.05) is 56.9 Å². The number of sulfonamides is 1. The standard InChI is InChI=1S/C20H25N3O4S/c1-15(24)23(17-8-12-27-13-9-17)18-7-11-22(14-18)28(25,26)19-6-2-4-16-5-3-10-21-20(16)19/h2-6,10,17-18H,7-9,11-14H2,1H3. The Morgan fingerprint density at radius 2 is 1.89 bits per heavy atom. The normalized spacial score (nSPS) is 21.8. The van der Waals surface area contributed by atoms with Crippen molar-refractivity contribution in [2.75, 3.05) is 26.3 Å². The van der Waals surface area contributed by atoms with Crippen LogP contribution in [0, 0.1) is 0 Å². The third-order valence-electron chi connectivity index (χ3n) is 5.68. The van der Waals surface area contributed by atoms with Gasteiger partial charge in [-0.1, -0.05) is 18.2 Å². The minimum absolute atomic E-state index is 0.00276. The molecule has 1 aromatic heterocycles. The minimum atomic E-state index is -3.68. The van der Waals surface area contributed by atoms with Crippen molar-refractivity contribution >= 4 is 26.8 Å². The molecule has 150 valence electrons. The third kappa shape index (κ3) is 3.52. The molecular formula is C20H25N3O4S. The average Bonchev–Trinajstić information content (AvgIpc) is 3.18. The average molecular weight is 404 g/mol. The van der Waals surface area contributed by atoms with Crippen LogP contribution in [0.3, 0.4) is 0 Å². The number of rotatable bonds is 4. The van der Waals surface area contributed by atoms with Crippen molar-refractivity contribution in [3.63, 3.8) is 0 Å². The Balaban J connectivity index is 1.59. The molecule has 0 aliphatic carbocycles. The van der Waals surface area contributed by atoms with Gasteiger partial charge in [0.15, 0.2) is 0 Å². The van der Waals surface area contributed by atoms with Gasteiger partial charge in [-0.2, -0.15) is 4.31 Å². The molecule has 7 nitrogen and oxygen atoms in total. The summed E-state index contributed by atoms with van der Waals surface area (Å²) in [5.74, 6) is 0.00276. The Morgan fingerprint density at radius 1 is 1.14 bits per heavy atom. The molecule has 1 unspecified atom stereocenters. The van der Waals surface area contributed by atoms with Crippen LogP contribution in [0.2, 0.25) is 0 Å². The van der Waals surface area contributed by atoms with Crippen LogP contribution in [0.1, 0.15) is 26.2 Å². The molecule has 2 saturated heterocycles. The quantitative estimate of drug-likeness (QED) is 0.780. The maximum absolute atomic E-state index is 13.3. The summed E-state index contributed by atoms with van der Waals surface area (Å²) in [6.45, 7) is 3.59. The molecule has 0 bridgehead atoms. The number of hydrogen-bond donors (Lipinski definition) is 0. The van der Waals surface area contributed by atoms with Crippen molar-refractivity contribution in [2.45, 2.75) is 43.2 Å². The number of benzene rings is 1. The molecule has 0 saturated carbocycles. The third-order valence-corrected chi connectivity index (χ3v) is 7.58. The Kier molecular flexibility index (Phi) is 5.35. The first kappa shape index (κ1) is 19.3. The van der Waals surface area contributed by atoms with Gasteiger partial charge >= 0.3 is 0 Å². The smallest absolute Gasteiger partial charge is 0.245 e. The number of pyridine rings is 1. The van der Waals surface area contributed by atoms with Gasteiger partial charge in [-0.3, -0.25) is 9.78 Å². The van der Waals surface area contributed by atoms with Gasteiger partial charge in [-0.15, -0.1) is 0 Å². The second-order valence-corrected chi connectivity index (χ2v) is 9.31. The number of nitrogens with zero attached hydrogens (tertiary/aromatic N) is 3. The van der Waals surface area contributed by atoms with Crippen LogP contribution in [-0.4, -0.2) is 66.9 Å². The minimum Gasteiger partial charge on any atom is -0.381 e. The maximum atomic E-state index is 13.3. The van der Waals surface area contributed by atoms with E-state index in [1.807, 2.05) is 17.0 Å². The predicted octanol–water partition coefficient (Wildman–Crippen LogP) is 2.03. The summed E-state index contributed by atoms with van der Waals surface area (Å²) in [6.07, 6.45) is 3.86. The van der Waals surface area contributed by atoms with Gasteiger partial charge in [-0.05, 0) is 31.4 Å². The summed E-state index contributed by atoms with van der Waals surface area (Å²) < 4.78 is 33.6. The van der Waals surface area contributed by atoms with Crippen molar-refractivity contribution in [3.05, 3.63) is 36.5 Å². The summed E-state index contributed by atoms with van der Waals surface area (Å²) in [7, 11) is -3.68. The molecule has 3 heterocycles. The van der Waals surface area contributed by atoms with Gasteiger partial charge in [-0.25, -0.2) is 8.42 Å². The van der Waals surface area contributed by atoms with Crippen LogP contribution < -0.4 is 0 Å². The number of aromatic nitrogens is 1. The largest absolute Gasteiger partial charge is 0.381 e. The monoisotopic (exact) mass is 403 g/mol. The van der Waals surface area contributed by atoms with Crippen LogP contribution in [0.4, 0.5) is 0 Å². The first-order valence-electron chi connectivity index (χ1n) is 9.69. The summed E-state index contributed by atoms with van der Waals surface area (Å²) >= 11 is 0. The second-order valence-electron chi connectivity index (χ2n) is 7.41.